The predicted molar refractivity (Wildman–Crippen MR) is 107 cm³/mol. The minimum Gasteiger partial charge on any atom is -0.487 e. The fraction of sp³-hybridized carbons (Fsp3) is 0.500. The van der Waals surface area contributed by atoms with Crippen molar-refractivity contribution in [3.05, 3.63) is 42.7 Å². The molecule has 2 aliphatic rings. The zero-order valence-corrected chi connectivity index (χ0v) is 17.0. The van der Waals surface area contributed by atoms with Crippen LogP contribution in [0.15, 0.2) is 47.6 Å². The summed E-state index contributed by atoms with van der Waals surface area (Å²) in [4.78, 5) is 11.1. The molecule has 0 saturated carbocycles. The second-order valence-corrected chi connectivity index (χ2v) is 9.61. The lowest BCUT2D eigenvalue weighted by Crippen LogP contribution is -2.48. The third-order valence-corrected chi connectivity index (χ3v) is 7.20. The van der Waals surface area contributed by atoms with E-state index in [2.05, 4.69) is 14.9 Å². The maximum atomic E-state index is 13.5. The highest BCUT2D eigenvalue weighted by atomic mass is 32.2. The Labute approximate surface area is 166 Å². The first-order valence-corrected chi connectivity index (χ1v) is 11.2. The van der Waals surface area contributed by atoms with Gasteiger partial charge in [0.15, 0.2) is 0 Å². The molecule has 0 spiro atoms. The van der Waals surface area contributed by atoms with Crippen molar-refractivity contribution in [2.75, 3.05) is 24.5 Å². The molecule has 28 heavy (non-hydrogen) atoms. The van der Waals surface area contributed by atoms with Crippen molar-refractivity contribution in [2.24, 2.45) is 5.92 Å². The standard InChI is InChI=1S/C20H26N4O3S/c1-15(2)14-24-16-8-12-23(20-21-10-5-11-22-20)13-9-17(16)27-18-6-3-4-7-19(18)28(24,25)26/h3-7,10-11,15-17H,8-9,12-14H2,1-2H3/t16-,17-/m1/s1. The van der Waals surface area contributed by atoms with E-state index in [0.29, 0.717) is 37.6 Å². The monoisotopic (exact) mass is 402 g/mol. The summed E-state index contributed by atoms with van der Waals surface area (Å²) in [7, 11) is -3.62. The smallest absolute Gasteiger partial charge is 0.247 e. The zero-order chi connectivity index (χ0) is 19.7. The van der Waals surface area contributed by atoms with Crippen molar-refractivity contribution in [2.45, 2.75) is 43.7 Å². The second-order valence-electron chi connectivity index (χ2n) is 7.75. The van der Waals surface area contributed by atoms with Crippen LogP contribution in [0.2, 0.25) is 0 Å². The summed E-state index contributed by atoms with van der Waals surface area (Å²) in [5.41, 5.74) is 0. The van der Waals surface area contributed by atoms with Gasteiger partial charge in [-0.25, -0.2) is 18.4 Å². The Balaban J connectivity index is 1.71. The number of hydrogen-bond donors (Lipinski definition) is 0. The molecule has 4 rings (SSSR count). The van der Waals surface area contributed by atoms with E-state index in [1.165, 1.54) is 0 Å². The molecule has 2 atom stereocenters. The molecule has 0 amide bonds. The zero-order valence-electron chi connectivity index (χ0n) is 16.2. The molecule has 0 aliphatic carbocycles. The van der Waals surface area contributed by atoms with Gasteiger partial charge in [0, 0.05) is 38.4 Å². The summed E-state index contributed by atoms with van der Waals surface area (Å²) in [6.45, 7) is 5.98. The van der Waals surface area contributed by atoms with Gasteiger partial charge in [0.1, 0.15) is 16.7 Å². The van der Waals surface area contributed by atoms with Crippen LogP contribution in [0.3, 0.4) is 0 Å². The van der Waals surface area contributed by atoms with Gasteiger partial charge < -0.3 is 9.64 Å². The molecule has 0 unspecified atom stereocenters. The van der Waals surface area contributed by atoms with Crippen LogP contribution >= 0.6 is 0 Å². The number of rotatable bonds is 3. The SMILES string of the molecule is CC(C)CN1[C@@H]2CCN(c3ncccn3)CC[C@H]2Oc2ccccc2S1(=O)=O. The predicted octanol–water partition coefficient (Wildman–Crippen LogP) is 2.55. The largest absolute Gasteiger partial charge is 0.487 e. The first kappa shape index (κ1) is 19.1. The lowest BCUT2D eigenvalue weighted by molar-refractivity contribution is 0.109. The van der Waals surface area contributed by atoms with Gasteiger partial charge in [-0.05, 0) is 30.5 Å². The van der Waals surface area contributed by atoms with E-state index in [9.17, 15) is 8.42 Å². The fourth-order valence-corrected chi connectivity index (χ4v) is 5.97. The van der Waals surface area contributed by atoms with Crippen molar-refractivity contribution in [3.8, 4) is 5.75 Å². The molecule has 0 radical (unpaired) electrons. The van der Waals surface area contributed by atoms with Gasteiger partial charge in [-0.1, -0.05) is 26.0 Å². The number of para-hydroxylation sites is 1. The molecule has 2 aromatic rings. The topological polar surface area (TPSA) is 75.6 Å². The van der Waals surface area contributed by atoms with E-state index >= 15 is 0 Å². The third-order valence-electron chi connectivity index (χ3n) is 5.27. The molecule has 7 nitrogen and oxygen atoms in total. The van der Waals surface area contributed by atoms with Crippen LogP contribution in [0, 0.1) is 5.92 Å². The minimum atomic E-state index is -3.62. The number of ether oxygens (including phenoxy) is 1. The average molecular weight is 403 g/mol. The summed E-state index contributed by atoms with van der Waals surface area (Å²) in [5.74, 6) is 1.35. The van der Waals surface area contributed by atoms with Gasteiger partial charge >= 0.3 is 0 Å². The van der Waals surface area contributed by atoms with Crippen LogP contribution in [-0.4, -0.2) is 54.5 Å². The fourth-order valence-electron chi connectivity index (χ4n) is 4.00. The maximum Gasteiger partial charge on any atom is 0.247 e. The van der Waals surface area contributed by atoms with Gasteiger partial charge in [0.25, 0.3) is 0 Å². The Kier molecular flexibility index (Phi) is 5.25. The Morgan fingerprint density at radius 2 is 1.82 bits per heavy atom. The lowest BCUT2D eigenvalue weighted by Gasteiger charge is -2.32. The van der Waals surface area contributed by atoms with Gasteiger partial charge in [0.2, 0.25) is 16.0 Å². The number of aromatic nitrogens is 2. The van der Waals surface area contributed by atoms with Crippen LogP contribution in [-0.2, 0) is 10.0 Å². The molecule has 1 aromatic carbocycles. The summed E-state index contributed by atoms with van der Waals surface area (Å²) in [5, 5.41) is 0. The highest BCUT2D eigenvalue weighted by Gasteiger charge is 2.43. The van der Waals surface area contributed by atoms with Crippen LogP contribution in [0.5, 0.6) is 5.75 Å². The Morgan fingerprint density at radius 3 is 2.57 bits per heavy atom. The lowest BCUT2D eigenvalue weighted by atomic mass is 10.0. The van der Waals surface area contributed by atoms with Gasteiger partial charge in [-0.3, -0.25) is 0 Å². The van der Waals surface area contributed by atoms with Crippen molar-refractivity contribution in [1.82, 2.24) is 14.3 Å². The molecule has 1 saturated heterocycles. The molecular formula is C20H26N4O3S. The molecule has 0 bridgehead atoms. The van der Waals surface area contributed by atoms with E-state index in [1.807, 2.05) is 19.9 Å². The third kappa shape index (κ3) is 3.58. The van der Waals surface area contributed by atoms with E-state index in [0.717, 1.165) is 6.54 Å². The van der Waals surface area contributed by atoms with Crippen molar-refractivity contribution in [3.63, 3.8) is 0 Å². The Hall–Kier alpha value is -2.19. The quantitative estimate of drug-likeness (QED) is 0.785. The van der Waals surface area contributed by atoms with Crippen LogP contribution < -0.4 is 9.64 Å². The maximum absolute atomic E-state index is 13.5. The molecule has 0 N–H and O–H groups in total. The molecule has 150 valence electrons. The summed E-state index contributed by atoms with van der Waals surface area (Å²) in [6, 6.07) is 8.56. The number of benzene rings is 1. The minimum absolute atomic E-state index is 0.203. The molecule has 3 heterocycles. The average Bonchev–Trinajstić information content (AvgIpc) is 2.93. The highest BCUT2D eigenvalue weighted by Crippen LogP contribution is 2.37. The van der Waals surface area contributed by atoms with E-state index in [1.54, 1.807) is 41.0 Å². The molecule has 1 aromatic heterocycles. The number of hydrogen-bond acceptors (Lipinski definition) is 6. The number of sulfonamides is 1. The normalized spacial score (nSPS) is 24.6. The highest BCUT2D eigenvalue weighted by molar-refractivity contribution is 7.89. The van der Waals surface area contributed by atoms with Crippen LogP contribution in [0.1, 0.15) is 26.7 Å². The van der Waals surface area contributed by atoms with Crippen molar-refractivity contribution >= 4 is 16.0 Å². The number of anilines is 1. The van der Waals surface area contributed by atoms with Gasteiger partial charge in [-0.2, -0.15) is 4.31 Å². The van der Waals surface area contributed by atoms with Gasteiger partial charge in [0.05, 0.1) is 6.04 Å². The Morgan fingerprint density at radius 1 is 1.11 bits per heavy atom. The first-order valence-electron chi connectivity index (χ1n) is 9.76. The molecular weight excluding hydrogens is 376 g/mol. The molecule has 2 aliphatic heterocycles. The summed E-state index contributed by atoms with van der Waals surface area (Å²) >= 11 is 0. The second kappa shape index (κ2) is 7.67. The number of nitrogens with zero attached hydrogens (tertiary/aromatic N) is 4. The molecule has 8 heteroatoms. The van der Waals surface area contributed by atoms with E-state index < -0.39 is 10.0 Å². The Bertz CT molecular complexity index is 920. The van der Waals surface area contributed by atoms with Crippen molar-refractivity contribution < 1.29 is 13.2 Å². The van der Waals surface area contributed by atoms with E-state index in [4.69, 9.17) is 4.74 Å². The van der Waals surface area contributed by atoms with Crippen LogP contribution in [0.25, 0.3) is 0 Å². The summed E-state index contributed by atoms with van der Waals surface area (Å²) < 4.78 is 34.9. The number of fused-ring (bicyclic) bond motifs is 2. The van der Waals surface area contributed by atoms with Gasteiger partial charge in [-0.15, -0.1) is 0 Å². The summed E-state index contributed by atoms with van der Waals surface area (Å²) in [6.07, 6.45) is 4.64. The van der Waals surface area contributed by atoms with Crippen LogP contribution in [0.4, 0.5) is 5.95 Å². The molecule has 1 fully saturated rings. The van der Waals surface area contributed by atoms with Crippen molar-refractivity contribution in [1.29, 1.82) is 0 Å². The first-order chi connectivity index (χ1) is 13.5. The van der Waals surface area contributed by atoms with E-state index in [-0.39, 0.29) is 23.0 Å².